The fourth-order valence-electron chi connectivity index (χ4n) is 4.19. The second-order valence-corrected chi connectivity index (χ2v) is 9.27. The van der Waals surface area contributed by atoms with Crippen LogP contribution < -0.4 is 0 Å². The molecule has 1 aromatic carbocycles. The van der Waals surface area contributed by atoms with E-state index in [9.17, 15) is 20.1 Å². The van der Waals surface area contributed by atoms with Crippen LogP contribution in [0.1, 0.15) is 45.4 Å². The third-order valence-electron chi connectivity index (χ3n) is 5.65. The number of fused-ring (bicyclic) bond motifs is 1. The van der Waals surface area contributed by atoms with Crippen LogP contribution in [0, 0.1) is 11.8 Å². The smallest absolute Gasteiger partial charge is 0.307 e. The Morgan fingerprint density at radius 1 is 1.14 bits per heavy atom. The zero-order chi connectivity index (χ0) is 20.1. The summed E-state index contributed by atoms with van der Waals surface area (Å²) in [4.78, 5) is 13.4. The fourth-order valence-corrected chi connectivity index (χ4v) is 5.39. The molecule has 3 N–H and O–H groups in total. The Kier molecular flexibility index (Phi) is 7.43. The molecule has 5 nitrogen and oxygen atoms in total. The molecule has 6 atom stereocenters. The van der Waals surface area contributed by atoms with Gasteiger partial charge >= 0.3 is 5.97 Å². The van der Waals surface area contributed by atoms with E-state index >= 15 is 0 Å². The van der Waals surface area contributed by atoms with Crippen molar-refractivity contribution in [1.82, 2.24) is 0 Å². The number of phenolic OH excluding ortho intramolecular Hbond substituents is 1. The lowest BCUT2D eigenvalue weighted by Crippen LogP contribution is -2.35. The number of hydrogen-bond donors (Lipinski definition) is 3. The van der Waals surface area contributed by atoms with E-state index < -0.39 is 12.2 Å². The monoisotopic (exact) mass is 406 g/mol. The first kappa shape index (κ1) is 21.2. The lowest BCUT2D eigenvalue weighted by Gasteiger charge is -2.29. The lowest BCUT2D eigenvalue weighted by molar-refractivity contribution is -0.149. The van der Waals surface area contributed by atoms with Gasteiger partial charge in [-0.1, -0.05) is 12.2 Å². The number of carbonyl (C=O) groups excluding carboxylic acids is 1. The highest BCUT2D eigenvalue weighted by molar-refractivity contribution is 8.00. The summed E-state index contributed by atoms with van der Waals surface area (Å²) < 4.78 is 5.55. The molecule has 0 unspecified atom stereocenters. The summed E-state index contributed by atoms with van der Waals surface area (Å²) in [7, 11) is 0. The molecule has 1 saturated carbocycles. The van der Waals surface area contributed by atoms with Crippen molar-refractivity contribution in [2.45, 2.75) is 73.9 Å². The van der Waals surface area contributed by atoms with E-state index in [1.165, 1.54) is 11.8 Å². The van der Waals surface area contributed by atoms with Gasteiger partial charge in [0.15, 0.2) is 0 Å². The maximum atomic E-state index is 12.5. The Morgan fingerprint density at radius 3 is 2.64 bits per heavy atom. The van der Waals surface area contributed by atoms with E-state index in [4.69, 9.17) is 4.74 Å². The molecular formula is C22H30O5S. The molecule has 2 aliphatic rings. The number of aliphatic hydroxyl groups excluding tert-OH is 2. The Hall–Kier alpha value is -1.50. The van der Waals surface area contributed by atoms with Gasteiger partial charge in [-0.3, -0.25) is 4.79 Å². The molecule has 1 heterocycles. The zero-order valence-corrected chi connectivity index (χ0v) is 17.1. The summed E-state index contributed by atoms with van der Waals surface area (Å²) in [5, 5.41) is 30.5. The van der Waals surface area contributed by atoms with E-state index in [0.29, 0.717) is 12.8 Å². The van der Waals surface area contributed by atoms with Crippen LogP contribution in [0.4, 0.5) is 0 Å². The van der Waals surface area contributed by atoms with E-state index in [1.807, 2.05) is 6.92 Å². The molecule has 0 radical (unpaired) electrons. The molecule has 0 spiro atoms. The third kappa shape index (κ3) is 5.75. The summed E-state index contributed by atoms with van der Waals surface area (Å²) in [6.07, 6.45) is 6.92. The highest BCUT2D eigenvalue weighted by Crippen LogP contribution is 2.41. The molecule has 1 aliphatic carbocycles. The SMILES string of the molecule is C[C@H]1CCC/C=C/[C@@H]2C[C@H](O)C[C@H]2[C@@H](O)[C@H](Sc2ccc(O)cc2)CC(=O)O1. The Labute approximate surface area is 170 Å². The van der Waals surface area contributed by atoms with Gasteiger partial charge in [-0.15, -0.1) is 11.8 Å². The average Bonchev–Trinajstić information content (AvgIpc) is 3.02. The van der Waals surface area contributed by atoms with Crippen LogP contribution in [-0.2, 0) is 9.53 Å². The van der Waals surface area contributed by atoms with Crippen molar-refractivity contribution < 1.29 is 24.9 Å². The molecule has 1 fully saturated rings. The van der Waals surface area contributed by atoms with Gasteiger partial charge in [-0.25, -0.2) is 0 Å². The summed E-state index contributed by atoms with van der Waals surface area (Å²) in [5.41, 5.74) is 0. The van der Waals surface area contributed by atoms with Gasteiger partial charge in [0.2, 0.25) is 0 Å². The van der Waals surface area contributed by atoms with Gasteiger partial charge in [0.05, 0.1) is 24.7 Å². The number of hydrogen-bond acceptors (Lipinski definition) is 6. The number of aliphatic hydroxyl groups is 2. The molecule has 0 aromatic heterocycles. The molecule has 0 amide bonds. The third-order valence-corrected chi connectivity index (χ3v) is 6.94. The van der Waals surface area contributed by atoms with Crippen molar-refractivity contribution >= 4 is 17.7 Å². The molecule has 1 aliphatic heterocycles. The fraction of sp³-hybridized carbons (Fsp3) is 0.591. The number of rotatable bonds is 2. The molecule has 1 aromatic rings. The molecule has 0 bridgehead atoms. The van der Waals surface area contributed by atoms with Crippen molar-refractivity contribution in [1.29, 1.82) is 0 Å². The van der Waals surface area contributed by atoms with E-state index in [0.717, 1.165) is 24.2 Å². The number of cyclic esters (lactones) is 1. The van der Waals surface area contributed by atoms with Crippen molar-refractivity contribution in [3.63, 3.8) is 0 Å². The van der Waals surface area contributed by atoms with Crippen LogP contribution in [0.3, 0.4) is 0 Å². The first-order valence-electron chi connectivity index (χ1n) is 10.1. The first-order chi connectivity index (χ1) is 13.4. The normalized spacial score (nSPS) is 35.8. The largest absolute Gasteiger partial charge is 0.508 e. The van der Waals surface area contributed by atoms with Crippen molar-refractivity contribution in [3.8, 4) is 5.75 Å². The lowest BCUT2D eigenvalue weighted by atomic mass is 9.87. The summed E-state index contributed by atoms with van der Waals surface area (Å²) in [6, 6.07) is 6.75. The van der Waals surface area contributed by atoms with Crippen LogP contribution in [0.2, 0.25) is 0 Å². The minimum absolute atomic E-state index is 0.0909. The summed E-state index contributed by atoms with van der Waals surface area (Å²) >= 11 is 1.42. The second kappa shape index (κ2) is 9.81. The van der Waals surface area contributed by atoms with Crippen molar-refractivity contribution in [2.75, 3.05) is 0 Å². The summed E-state index contributed by atoms with van der Waals surface area (Å²) in [5.74, 6) is -0.101. The number of aromatic hydroxyl groups is 1. The molecule has 6 heteroatoms. The van der Waals surface area contributed by atoms with Crippen LogP contribution in [0.5, 0.6) is 5.75 Å². The quantitative estimate of drug-likeness (QED) is 0.513. The number of thioether (sulfide) groups is 1. The number of benzene rings is 1. The van der Waals surface area contributed by atoms with Gasteiger partial charge < -0.3 is 20.1 Å². The van der Waals surface area contributed by atoms with Gasteiger partial charge in [0.25, 0.3) is 0 Å². The first-order valence-corrected chi connectivity index (χ1v) is 11.0. The second-order valence-electron chi connectivity index (χ2n) is 7.96. The van der Waals surface area contributed by atoms with E-state index in [1.54, 1.807) is 24.3 Å². The number of allylic oxidation sites excluding steroid dienone is 2. The van der Waals surface area contributed by atoms with E-state index in [-0.39, 0.29) is 41.3 Å². The van der Waals surface area contributed by atoms with Gasteiger partial charge in [-0.2, -0.15) is 0 Å². The maximum absolute atomic E-state index is 12.5. The average molecular weight is 407 g/mol. The topological polar surface area (TPSA) is 87.0 Å². The van der Waals surface area contributed by atoms with Crippen LogP contribution in [0.15, 0.2) is 41.3 Å². The molecule has 28 heavy (non-hydrogen) atoms. The molecule has 0 saturated heterocycles. The highest BCUT2D eigenvalue weighted by Gasteiger charge is 2.40. The van der Waals surface area contributed by atoms with Gasteiger partial charge in [0.1, 0.15) is 5.75 Å². The minimum Gasteiger partial charge on any atom is -0.508 e. The van der Waals surface area contributed by atoms with Gasteiger partial charge in [0, 0.05) is 10.1 Å². The molecule has 3 rings (SSSR count). The zero-order valence-electron chi connectivity index (χ0n) is 16.2. The Morgan fingerprint density at radius 2 is 1.89 bits per heavy atom. The van der Waals surface area contributed by atoms with Crippen LogP contribution in [-0.4, -0.2) is 44.9 Å². The van der Waals surface area contributed by atoms with Crippen LogP contribution in [0.25, 0.3) is 0 Å². The standard InChI is InChI=1S/C22H30O5S/c1-14-5-3-2-4-6-15-11-17(24)12-19(15)22(26)20(13-21(25)27-14)28-18-9-7-16(23)8-10-18/h4,6-10,14-15,17,19-20,22-24,26H,2-3,5,11-13H2,1H3/b6-4+/t14-,15+,17-,19+,20+,22+/m0/s1. The minimum atomic E-state index is -0.741. The predicted molar refractivity (Wildman–Crippen MR) is 109 cm³/mol. The van der Waals surface area contributed by atoms with Gasteiger partial charge in [-0.05, 0) is 75.1 Å². The highest BCUT2D eigenvalue weighted by atomic mass is 32.2. The Balaban J connectivity index is 1.83. The predicted octanol–water partition coefficient (Wildman–Crippen LogP) is 3.66. The number of phenols is 1. The maximum Gasteiger partial charge on any atom is 0.307 e. The number of ether oxygens (including phenoxy) is 1. The number of esters is 1. The molecular weight excluding hydrogens is 376 g/mol. The Bertz CT molecular complexity index is 674. The van der Waals surface area contributed by atoms with Crippen molar-refractivity contribution in [3.05, 3.63) is 36.4 Å². The van der Waals surface area contributed by atoms with Crippen molar-refractivity contribution in [2.24, 2.45) is 11.8 Å². The van der Waals surface area contributed by atoms with Crippen LogP contribution >= 0.6 is 11.8 Å². The number of carbonyl (C=O) groups is 1. The molecule has 154 valence electrons. The summed E-state index contributed by atoms with van der Waals surface area (Å²) in [6.45, 7) is 1.91. The van der Waals surface area contributed by atoms with E-state index in [2.05, 4.69) is 12.2 Å².